The fourth-order valence-corrected chi connectivity index (χ4v) is 3.00. The van der Waals surface area contributed by atoms with Gasteiger partial charge in [0.1, 0.15) is 11.9 Å². The largest absolute Gasteiger partial charge is 0.373 e. The van der Waals surface area contributed by atoms with Crippen molar-refractivity contribution in [3.8, 4) is 0 Å². The molecule has 1 atom stereocenters. The molecule has 3 aromatic rings. The van der Waals surface area contributed by atoms with Gasteiger partial charge in [0.05, 0.1) is 11.9 Å². The van der Waals surface area contributed by atoms with Gasteiger partial charge in [-0.15, -0.1) is 0 Å². The van der Waals surface area contributed by atoms with Crippen LogP contribution in [0.3, 0.4) is 0 Å². The highest BCUT2D eigenvalue weighted by Crippen LogP contribution is 2.17. The molecule has 5 nitrogen and oxygen atoms in total. The summed E-state index contributed by atoms with van der Waals surface area (Å²) in [5.41, 5.74) is 7.21. The van der Waals surface area contributed by atoms with E-state index in [1.54, 1.807) is 6.20 Å². The smallest absolute Gasteiger partial charge is 0.155 e. The Morgan fingerprint density at radius 3 is 2.79 bits per heavy atom. The van der Waals surface area contributed by atoms with Crippen LogP contribution in [-0.4, -0.2) is 19.5 Å². The molecule has 2 heterocycles. The monoisotopic (exact) mass is 324 g/mol. The third-order valence-electron chi connectivity index (χ3n) is 4.65. The third kappa shape index (κ3) is 3.05. The molecule has 0 aliphatic carbocycles. The van der Waals surface area contributed by atoms with Gasteiger partial charge in [0, 0.05) is 18.4 Å². The number of benzene rings is 1. The molecule has 24 heavy (non-hydrogen) atoms. The van der Waals surface area contributed by atoms with Gasteiger partial charge in [0.2, 0.25) is 0 Å². The SMILES string of the molecule is CCc1cccc(C)c1CNC(O)c1cn2c(C)c(C)nc2cn1. The van der Waals surface area contributed by atoms with E-state index in [0.29, 0.717) is 12.2 Å². The first kappa shape index (κ1) is 16.6. The van der Waals surface area contributed by atoms with Crippen LogP contribution in [0.1, 0.15) is 46.9 Å². The van der Waals surface area contributed by atoms with E-state index in [1.165, 1.54) is 16.7 Å². The first-order chi connectivity index (χ1) is 11.5. The second-order valence-corrected chi connectivity index (χ2v) is 6.17. The molecule has 3 rings (SSSR count). The standard InChI is InChI=1S/C19H24N4O/c1-5-15-8-6-7-12(2)16(15)9-21-19(24)17-11-23-14(4)13(3)22-18(23)10-20-17/h6-8,10-11,19,21,24H,5,9H2,1-4H3. The highest BCUT2D eigenvalue weighted by molar-refractivity contribution is 5.41. The van der Waals surface area contributed by atoms with Crippen LogP contribution in [0.5, 0.6) is 0 Å². The van der Waals surface area contributed by atoms with Crippen molar-refractivity contribution in [2.24, 2.45) is 0 Å². The Hall–Kier alpha value is -2.24. The first-order valence-electron chi connectivity index (χ1n) is 8.31. The van der Waals surface area contributed by atoms with Crippen molar-refractivity contribution in [1.82, 2.24) is 19.7 Å². The van der Waals surface area contributed by atoms with Gasteiger partial charge in [-0.2, -0.15) is 0 Å². The molecular weight excluding hydrogens is 300 g/mol. The summed E-state index contributed by atoms with van der Waals surface area (Å²) >= 11 is 0. The van der Waals surface area contributed by atoms with Crippen molar-refractivity contribution in [1.29, 1.82) is 0 Å². The predicted octanol–water partition coefficient (Wildman–Crippen LogP) is 3.00. The number of hydrogen-bond donors (Lipinski definition) is 2. The van der Waals surface area contributed by atoms with E-state index in [2.05, 4.69) is 47.3 Å². The average Bonchev–Trinajstić information content (AvgIpc) is 2.87. The van der Waals surface area contributed by atoms with Crippen molar-refractivity contribution in [3.63, 3.8) is 0 Å². The fourth-order valence-electron chi connectivity index (χ4n) is 3.00. The lowest BCUT2D eigenvalue weighted by molar-refractivity contribution is 0.132. The van der Waals surface area contributed by atoms with Crippen LogP contribution >= 0.6 is 0 Å². The average molecular weight is 324 g/mol. The molecule has 0 saturated carbocycles. The second-order valence-electron chi connectivity index (χ2n) is 6.17. The van der Waals surface area contributed by atoms with Crippen molar-refractivity contribution < 1.29 is 5.11 Å². The van der Waals surface area contributed by atoms with Gasteiger partial charge >= 0.3 is 0 Å². The van der Waals surface area contributed by atoms with Crippen LogP contribution in [0, 0.1) is 20.8 Å². The molecule has 2 N–H and O–H groups in total. The topological polar surface area (TPSA) is 62.5 Å². The number of aliphatic hydroxyl groups is 1. The molecule has 0 saturated heterocycles. The Kier molecular flexibility index (Phi) is 4.64. The van der Waals surface area contributed by atoms with Crippen molar-refractivity contribution in [2.45, 2.75) is 46.9 Å². The Morgan fingerprint density at radius 2 is 2.04 bits per heavy atom. The van der Waals surface area contributed by atoms with Crippen molar-refractivity contribution >= 4 is 5.65 Å². The number of fused-ring (bicyclic) bond motifs is 1. The van der Waals surface area contributed by atoms with Gasteiger partial charge in [-0.1, -0.05) is 25.1 Å². The molecular formula is C19H24N4O. The van der Waals surface area contributed by atoms with E-state index in [-0.39, 0.29) is 0 Å². The maximum Gasteiger partial charge on any atom is 0.155 e. The minimum Gasteiger partial charge on any atom is -0.373 e. The number of rotatable bonds is 5. The minimum absolute atomic E-state index is 0.592. The van der Waals surface area contributed by atoms with E-state index in [0.717, 1.165) is 23.5 Å². The summed E-state index contributed by atoms with van der Waals surface area (Å²) in [5.74, 6) is 0. The number of hydrogen-bond acceptors (Lipinski definition) is 4. The number of imidazole rings is 1. The second kappa shape index (κ2) is 6.71. The first-order valence-corrected chi connectivity index (χ1v) is 8.31. The Balaban J connectivity index is 1.80. The lowest BCUT2D eigenvalue weighted by Crippen LogP contribution is -2.23. The summed E-state index contributed by atoms with van der Waals surface area (Å²) in [6.45, 7) is 8.85. The number of nitrogens with zero attached hydrogens (tertiary/aromatic N) is 3. The zero-order valence-corrected chi connectivity index (χ0v) is 14.7. The Morgan fingerprint density at radius 1 is 1.25 bits per heavy atom. The normalized spacial score (nSPS) is 12.7. The van der Waals surface area contributed by atoms with Crippen LogP contribution < -0.4 is 5.32 Å². The van der Waals surface area contributed by atoms with Crippen LogP contribution in [0.15, 0.2) is 30.6 Å². The van der Waals surface area contributed by atoms with Gasteiger partial charge in [0.15, 0.2) is 5.65 Å². The third-order valence-corrected chi connectivity index (χ3v) is 4.65. The Bertz CT molecular complexity index is 869. The lowest BCUT2D eigenvalue weighted by atomic mass is 10.00. The zero-order chi connectivity index (χ0) is 17.3. The van der Waals surface area contributed by atoms with E-state index >= 15 is 0 Å². The van der Waals surface area contributed by atoms with E-state index in [4.69, 9.17) is 0 Å². The molecule has 0 fully saturated rings. The quantitative estimate of drug-likeness (QED) is 0.708. The van der Waals surface area contributed by atoms with Crippen LogP contribution in [0.4, 0.5) is 0 Å². The molecule has 0 aliphatic heterocycles. The molecule has 2 aromatic heterocycles. The maximum absolute atomic E-state index is 10.5. The fraction of sp³-hybridized carbons (Fsp3) is 0.368. The van der Waals surface area contributed by atoms with Gasteiger partial charge in [-0.05, 0) is 43.9 Å². The summed E-state index contributed by atoms with van der Waals surface area (Å²) in [4.78, 5) is 8.78. The van der Waals surface area contributed by atoms with E-state index in [9.17, 15) is 5.11 Å². The van der Waals surface area contributed by atoms with Crippen LogP contribution in [-0.2, 0) is 13.0 Å². The van der Waals surface area contributed by atoms with E-state index in [1.807, 2.05) is 24.4 Å². The summed E-state index contributed by atoms with van der Waals surface area (Å²) in [5, 5.41) is 13.7. The molecule has 0 aliphatic rings. The molecule has 1 aromatic carbocycles. The minimum atomic E-state index is -0.819. The highest BCUT2D eigenvalue weighted by atomic mass is 16.3. The predicted molar refractivity (Wildman–Crippen MR) is 94.8 cm³/mol. The number of nitrogens with one attached hydrogen (secondary N) is 1. The summed E-state index contributed by atoms with van der Waals surface area (Å²) in [6, 6.07) is 6.32. The van der Waals surface area contributed by atoms with Crippen LogP contribution in [0.25, 0.3) is 5.65 Å². The molecule has 0 amide bonds. The molecule has 0 spiro atoms. The number of aromatic nitrogens is 3. The summed E-state index contributed by atoms with van der Waals surface area (Å²) < 4.78 is 1.97. The zero-order valence-electron chi connectivity index (χ0n) is 14.7. The maximum atomic E-state index is 10.5. The van der Waals surface area contributed by atoms with Crippen LogP contribution in [0.2, 0.25) is 0 Å². The molecule has 0 bridgehead atoms. The van der Waals surface area contributed by atoms with E-state index < -0.39 is 6.23 Å². The number of aryl methyl sites for hydroxylation is 4. The molecule has 5 heteroatoms. The van der Waals surface area contributed by atoms with Gasteiger partial charge in [0.25, 0.3) is 0 Å². The number of aliphatic hydroxyl groups excluding tert-OH is 1. The van der Waals surface area contributed by atoms with Gasteiger partial charge in [-0.3, -0.25) is 10.3 Å². The summed E-state index contributed by atoms with van der Waals surface area (Å²) in [7, 11) is 0. The molecule has 0 radical (unpaired) electrons. The van der Waals surface area contributed by atoms with Crippen molar-refractivity contribution in [2.75, 3.05) is 0 Å². The summed E-state index contributed by atoms with van der Waals surface area (Å²) in [6.07, 6.45) is 3.71. The molecule has 126 valence electrons. The lowest BCUT2D eigenvalue weighted by Gasteiger charge is -2.16. The van der Waals surface area contributed by atoms with Crippen molar-refractivity contribution in [3.05, 3.63) is 64.4 Å². The van der Waals surface area contributed by atoms with Gasteiger partial charge < -0.3 is 9.51 Å². The Labute approximate surface area is 142 Å². The molecule has 1 unspecified atom stereocenters. The highest BCUT2D eigenvalue weighted by Gasteiger charge is 2.13. The van der Waals surface area contributed by atoms with Gasteiger partial charge in [-0.25, -0.2) is 4.98 Å².